The van der Waals surface area contributed by atoms with E-state index in [1.807, 2.05) is 47.4 Å². The van der Waals surface area contributed by atoms with E-state index in [9.17, 15) is 9.59 Å². The molecule has 0 bridgehead atoms. The lowest BCUT2D eigenvalue weighted by atomic mass is 9.80. The van der Waals surface area contributed by atoms with Crippen LogP contribution in [0.3, 0.4) is 0 Å². The van der Waals surface area contributed by atoms with Gasteiger partial charge in [-0.05, 0) is 67.3 Å². The third kappa shape index (κ3) is 6.09. The summed E-state index contributed by atoms with van der Waals surface area (Å²) < 4.78 is 5.91. The summed E-state index contributed by atoms with van der Waals surface area (Å²) >= 11 is 0. The highest BCUT2D eigenvalue weighted by Gasteiger charge is 2.53. The zero-order valence-corrected chi connectivity index (χ0v) is 22.2. The molecule has 1 N–H and O–H groups in total. The molecule has 6 nitrogen and oxygen atoms in total. The van der Waals surface area contributed by atoms with Crippen molar-refractivity contribution in [3.05, 3.63) is 60.2 Å². The summed E-state index contributed by atoms with van der Waals surface area (Å²) in [4.78, 5) is 31.3. The minimum absolute atomic E-state index is 0.0403. The highest BCUT2D eigenvalue weighted by Crippen LogP contribution is 2.35. The van der Waals surface area contributed by atoms with E-state index < -0.39 is 11.6 Å². The minimum atomic E-state index is -0.719. The Morgan fingerprint density at radius 1 is 0.917 bits per heavy atom. The van der Waals surface area contributed by atoms with Crippen molar-refractivity contribution in [2.24, 2.45) is 11.8 Å². The van der Waals surface area contributed by atoms with Crippen LogP contribution in [0.5, 0.6) is 11.5 Å². The van der Waals surface area contributed by atoms with Gasteiger partial charge in [0.1, 0.15) is 23.1 Å². The van der Waals surface area contributed by atoms with Crippen LogP contribution >= 0.6 is 0 Å². The zero-order chi connectivity index (χ0) is 25.7. The molecular weight excluding hydrogens is 450 g/mol. The molecule has 2 heterocycles. The fourth-order valence-electron chi connectivity index (χ4n) is 5.34. The Kier molecular flexibility index (Phi) is 8.35. The van der Waals surface area contributed by atoms with Crippen molar-refractivity contribution in [2.45, 2.75) is 71.5 Å². The van der Waals surface area contributed by atoms with Crippen molar-refractivity contribution < 1.29 is 14.3 Å². The third-order valence-corrected chi connectivity index (χ3v) is 7.44. The zero-order valence-electron chi connectivity index (χ0n) is 22.2. The lowest BCUT2D eigenvalue weighted by Crippen LogP contribution is -2.73. The van der Waals surface area contributed by atoms with Gasteiger partial charge in [0.05, 0.1) is 0 Å². The normalized spacial score (nSPS) is 20.3. The number of benzene rings is 2. The predicted molar refractivity (Wildman–Crippen MR) is 143 cm³/mol. The molecular formula is C30H41N3O3. The molecule has 0 radical (unpaired) electrons. The molecule has 2 aromatic carbocycles. The number of piperidine rings is 1. The Morgan fingerprint density at radius 3 is 2.17 bits per heavy atom. The second-order valence-electron chi connectivity index (χ2n) is 11.2. The number of hydrogen-bond acceptors (Lipinski definition) is 4. The van der Waals surface area contributed by atoms with E-state index in [4.69, 9.17) is 4.74 Å². The molecule has 1 atom stereocenters. The van der Waals surface area contributed by atoms with Gasteiger partial charge in [-0.25, -0.2) is 0 Å². The van der Waals surface area contributed by atoms with Crippen molar-refractivity contribution in [1.29, 1.82) is 0 Å². The maximum absolute atomic E-state index is 13.5. The Morgan fingerprint density at radius 2 is 1.56 bits per heavy atom. The maximum Gasteiger partial charge on any atom is 0.246 e. The SMILES string of the molecule is CC(C)CCN1C(=O)C(CC(C)C)NC(=O)C12CCN(Cc1ccc(Oc3ccccc3)cc1)CC2. The van der Waals surface area contributed by atoms with Gasteiger partial charge in [0.25, 0.3) is 0 Å². The van der Waals surface area contributed by atoms with Gasteiger partial charge < -0.3 is 15.0 Å². The number of rotatable bonds is 9. The number of nitrogens with one attached hydrogen (secondary N) is 1. The first-order valence-corrected chi connectivity index (χ1v) is 13.4. The first kappa shape index (κ1) is 26.2. The van der Waals surface area contributed by atoms with E-state index in [-0.39, 0.29) is 11.8 Å². The molecule has 2 aromatic rings. The van der Waals surface area contributed by atoms with E-state index in [0.717, 1.165) is 37.6 Å². The molecule has 2 saturated heterocycles. The van der Waals surface area contributed by atoms with Crippen LogP contribution in [0.15, 0.2) is 54.6 Å². The monoisotopic (exact) mass is 491 g/mol. The first-order valence-electron chi connectivity index (χ1n) is 13.4. The van der Waals surface area contributed by atoms with Gasteiger partial charge in [0, 0.05) is 26.2 Å². The van der Waals surface area contributed by atoms with Crippen molar-refractivity contribution in [3.8, 4) is 11.5 Å². The predicted octanol–water partition coefficient (Wildman–Crippen LogP) is 5.23. The molecule has 2 amide bonds. The lowest BCUT2D eigenvalue weighted by Gasteiger charge is -2.52. The van der Waals surface area contributed by atoms with Crippen LogP contribution in [-0.4, -0.2) is 52.8 Å². The van der Waals surface area contributed by atoms with Gasteiger partial charge in [0.15, 0.2) is 0 Å². The number of carbonyl (C=O) groups is 2. The molecule has 6 heteroatoms. The minimum Gasteiger partial charge on any atom is -0.457 e. The number of piperazine rings is 1. The summed E-state index contributed by atoms with van der Waals surface area (Å²) in [5, 5.41) is 3.10. The van der Waals surface area contributed by atoms with Crippen molar-refractivity contribution in [3.63, 3.8) is 0 Å². The summed E-state index contributed by atoms with van der Waals surface area (Å²) in [6.45, 7) is 11.6. The van der Waals surface area contributed by atoms with Gasteiger partial charge in [-0.2, -0.15) is 0 Å². The molecule has 0 aliphatic carbocycles. The highest BCUT2D eigenvalue weighted by atomic mass is 16.5. The number of carbonyl (C=O) groups excluding carboxylic acids is 2. The lowest BCUT2D eigenvalue weighted by molar-refractivity contribution is -0.162. The largest absolute Gasteiger partial charge is 0.457 e. The number of likely N-dealkylation sites (tertiary alicyclic amines) is 1. The smallest absolute Gasteiger partial charge is 0.246 e. The van der Waals surface area contributed by atoms with Crippen LogP contribution in [0.4, 0.5) is 0 Å². The van der Waals surface area contributed by atoms with Gasteiger partial charge in [-0.3, -0.25) is 14.5 Å². The number of ether oxygens (including phenoxy) is 1. The average Bonchev–Trinajstić information content (AvgIpc) is 2.85. The van der Waals surface area contributed by atoms with Crippen molar-refractivity contribution in [2.75, 3.05) is 19.6 Å². The molecule has 2 aliphatic rings. The molecule has 0 saturated carbocycles. The van der Waals surface area contributed by atoms with Crippen molar-refractivity contribution >= 4 is 11.8 Å². The molecule has 1 unspecified atom stereocenters. The van der Waals surface area contributed by atoms with Crippen LogP contribution in [0.25, 0.3) is 0 Å². The number of para-hydroxylation sites is 1. The second-order valence-corrected chi connectivity index (χ2v) is 11.2. The van der Waals surface area contributed by atoms with Crippen molar-refractivity contribution in [1.82, 2.24) is 15.1 Å². The van der Waals surface area contributed by atoms with Crippen LogP contribution in [0.2, 0.25) is 0 Å². The standard InChI is InChI=1S/C30H41N3O3/c1-22(2)14-17-33-28(34)27(20-23(3)4)31-29(35)30(33)15-18-32(19-16-30)21-24-10-12-26(13-11-24)36-25-8-6-5-7-9-25/h5-13,22-23,27H,14-21H2,1-4H3,(H,31,35). The summed E-state index contributed by atoms with van der Waals surface area (Å²) in [7, 11) is 0. The molecule has 194 valence electrons. The fourth-order valence-corrected chi connectivity index (χ4v) is 5.34. The van der Waals surface area contributed by atoms with Gasteiger partial charge in [-0.15, -0.1) is 0 Å². The molecule has 2 aliphatic heterocycles. The fraction of sp³-hybridized carbons (Fsp3) is 0.533. The Bertz CT molecular complexity index is 1010. The number of amides is 2. The van der Waals surface area contributed by atoms with Crippen LogP contribution in [0, 0.1) is 11.8 Å². The molecule has 0 aromatic heterocycles. The highest BCUT2D eigenvalue weighted by molar-refractivity contribution is 6.00. The Hall–Kier alpha value is -2.86. The third-order valence-electron chi connectivity index (χ3n) is 7.44. The van der Waals surface area contributed by atoms with E-state index in [1.165, 1.54) is 5.56 Å². The van der Waals surface area contributed by atoms with Gasteiger partial charge in [-0.1, -0.05) is 58.0 Å². The number of hydrogen-bond donors (Lipinski definition) is 1. The summed E-state index contributed by atoms with van der Waals surface area (Å²) in [6, 6.07) is 17.6. The molecule has 4 rings (SSSR count). The maximum atomic E-state index is 13.5. The van der Waals surface area contributed by atoms with E-state index in [1.54, 1.807) is 0 Å². The summed E-state index contributed by atoms with van der Waals surface area (Å²) in [5.74, 6) is 2.62. The van der Waals surface area contributed by atoms with Gasteiger partial charge >= 0.3 is 0 Å². The summed E-state index contributed by atoms with van der Waals surface area (Å²) in [6.07, 6.45) is 2.95. The van der Waals surface area contributed by atoms with Crippen LogP contribution in [0.1, 0.15) is 58.9 Å². The summed E-state index contributed by atoms with van der Waals surface area (Å²) in [5.41, 5.74) is 0.493. The van der Waals surface area contributed by atoms with Gasteiger partial charge in [0.2, 0.25) is 11.8 Å². The molecule has 2 fully saturated rings. The number of nitrogens with zero attached hydrogens (tertiary/aromatic N) is 2. The van der Waals surface area contributed by atoms with E-state index in [0.29, 0.717) is 37.6 Å². The molecule has 1 spiro atoms. The van der Waals surface area contributed by atoms with Crippen LogP contribution < -0.4 is 10.1 Å². The van der Waals surface area contributed by atoms with E-state index >= 15 is 0 Å². The first-order chi connectivity index (χ1) is 17.3. The topological polar surface area (TPSA) is 61.9 Å². The Balaban J connectivity index is 1.39. The van der Waals surface area contributed by atoms with Crippen LogP contribution in [-0.2, 0) is 16.1 Å². The van der Waals surface area contributed by atoms with E-state index in [2.05, 4.69) is 50.0 Å². The second kappa shape index (κ2) is 11.5. The quantitative estimate of drug-likeness (QED) is 0.522. The Labute approximate surface area is 216 Å². The molecule has 36 heavy (non-hydrogen) atoms. The average molecular weight is 492 g/mol.